The summed E-state index contributed by atoms with van der Waals surface area (Å²) in [5.74, 6) is 0.991. The third kappa shape index (κ3) is 6.87. The average Bonchev–Trinajstić information content (AvgIpc) is 3.66. The highest BCUT2D eigenvalue weighted by atomic mass is 32.1. The van der Waals surface area contributed by atoms with Crippen molar-refractivity contribution in [3.05, 3.63) is 65.0 Å². The van der Waals surface area contributed by atoms with E-state index in [0.29, 0.717) is 52.8 Å². The molecule has 41 heavy (non-hydrogen) atoms. The summed E-state index contributed by atoms with van der Waals surface area (Å²) >= 11 is 1.19. The van der Waals surface area contributed by atoms with E-state index >= 15 is 0 Å². The molecular formula is C28H27N5O7S. The molecule has 0 bridgehead atoms. The number of rotatable bonds is 10. The van der Waals surface area contributed by atoms with Crippen LogP contribution in [0.25, 0.3) is 11.5 Å². The van der Waals surface area contributed by atoms with E-state index in [1.807, 2.05) is 0 Å². The van der Waals surface area contributed by atoms with Crippen molar-refractivity contribution in [3.63, 3.8) is 0 Å². The van der Waals surface area contributed by atoms with Crippen LogP contribution < -0.4 is 14.8 Å². The zero-order chi connectivity index (χ0) is 28.9. The van der Waals surface area contributed by atoms with E-state index in [1.54, 1.807) is 73.6 Å². The van der Waals surface area contributed by atoms with Gasteiger partial charge in [0.1, 0.15) is 17.2 Å². The molecule has 0 spiro atoms. The standard InChI is InChI=1S/C28H27N5O7S/c1-4-37-24(34)13-19-15-41-28(29-19)30-25(35)18-11-21(14-22(12-18)40-23-9-10-33(3)27(23)36)39-20-7-5-17(6-8-20)26-32-31-16(2)38-26/h5-8,11-12,14-15,23H,4,9-10,13H2,1-3H3,(H,29,30,35). The van der Waals surface area contributed by atoms with Crippen LogP contribution in [0.1, 0.15) is 35.3 Å². The molecule has 1 fully saturated rings. The molecule has 13 heteroatoms. The molecule has 5 rings (SSSR count). The van der Waals surface area contributed by atoms with Crippen molar-refractivity contribution in [3.8, 4) is 28.7 Å². The predicted octanol–water partition coefficient (Wildman–Crippen LogP) is 4.26. The molecule has 4 aromatic rings. The first-order valence-corrected chi connectivity index (χ1v) is 13.7. The van der Waals surface area contributed by atoms with Crippen LogP contribution in [0.15, 0.2) is 52.3 Å². The van der Waals surface area contributed by atoms with Crippen LogP contribution in [0.4, 0.5) is 5.13 Å². The molecule has 0 saturated carbocycles. The third-order valence-electron chi connectivity index (χ3n) is 6.06. The van der Waals surface area contributed by atoms with Crippen LogP contribution in [-0.2, 0) is 20.7 Å². The van der Waals surface area contributed by atoms with E-state index in [1.165, 1.54) is 11.3 Å². The summed E-state index contributed by atoms with van der Waals surface area (Å²) in [4.78, 5) is 43.3. The second-order valence-electron chi connectivity index (χ2n) is 9.18. The van der Waals surface area contributed by atoms with Crippen molar-refractivity contribution in [2.75, 3.05) is 25.5 Å². The fourth-order valence-electron chi connectivity index (χ4n) is 4.08. The molecule has 1 aliphatic rings. The SMILES string of the molecule is CCOC(=O)Cc1csc(NC(=O)c2cc(Oc3ccc(-c4nnc(C)o4)cc3)cc(OC3CCN(C)C3=O)c2)n1. The van der Waals surface area contributed by atoms with E-state index in [2.05, 4.69) is 20.5 Å². The molecule has 1 saturated heterocycles. The van der Waals surface area contributed by atoms with Gasteiger partial charge in [0.15, 0.2) is 11.2 Å². The number of thiazole rings is 1. The number of hydrogen-bond donors (Lipinski definition) is 1. The molecule has 2 aromatic carbocycles. The highest BCUT2D eigenvalue weighted by Gasteiger charge is 2.31. The molecule has 1 unspecified atom stereocenters. The molecule has 1 atom stereocenters. The van der Waals surface area contributed by atoms with Crippen LogP contribution in [-0.4, -0.2) is 64.2 Å². The number of amides is 2. The number of likely N-dealkylation sites (tertiary alicyclic amines) is 1. The summed E-state index contributed by atoms with van der Waals surface area (Å²) in [6.07, 6.45) is -0.121. The minimum atomic E-state index is -0.660. The second kappa shape index (κ2) is 12.2. The van der Waals surface area contributed by atoms with Gasteiger partial charge in [-0.05, 0) is 43.3 Å². The maximum atomic E-state index is 13.2. The molecular weight excluding hydrogens is 550 g/mol. The summed E-state index contributed by atoms with van der Waals surface area (Å²) in [6.45, 7) is 4.30. The molecule has 1 N–H and O–H groups in total. The van der Waals surface area contributed by atoms with Gasteiger partial charge in [-0.15, -0.1) is 21.5 Å². The van der Waals surface area contributed by atoms with Gasteiger partial charge in [-0.1, -0.05) is 0 Å². The highest BCUT2D eigenvalue weighted by molar-refractivity contribution is 7.14. The number of aryl methyl sites for hydroxylation is 1. The summed E-state index contributed by atoms with van der Waals surface area (Å²) in [6, 6.07) is 11.8. The number of anilines is 1. The minimum Gasteiger partial charge on any atom is -0.480 e. The van der Waals surface area contributed by atoms with Crippen molar-refractivity contribution < 1.29 is 33.0 Å². The second-order valence-corrected chi connectivity index (χ2v) is 10.0. The van der Waals surface area contributed by atoms with Crippen molar-refractivity contribution in [2.24, 2.45) is 0 Å². The third-order valence-corrected chi connectivity index (χ3v) is 6.87. The van der Waals surface area contributed by atoms with E-state index < -0.39 is 18.0 Å². The van der Waals surface area contributed by atoms with Crippen LogP contribution in [0.2, 0.25) is 0 Å². The molecule has 3 heterocycles. The van der Waals surface area contributed by atoms with E-state index in [-0.39, 0.29) is 24.5 Å². The minimum absolute atomic E-state index is 0.0102. The van der Waals surface area contributed by atoms with Crippen LogP contribution >= 0.6 is 11.3 Å². The topological polar surface area (TPSA) is 146 Å². The number of aromatic nitrogens is 3. The van der Waals surface area contributed by atoms with Gasteiger partial charge in [0.25, 0.3) is 11.8 Å². The molecule has 12 nitrogen and oxygen atoms in total. The monoisotopic (exact) mass is 577 g/mol. The number of nitrogens with one attached hydrogen (secondary N) is 1. The Kier molecular flexibility index (Phi) is 8.24. The maximum absolute atomic E-state index is 13.2. The lowest BCUT2D eigenvalue weighted by Gasteiger charge is -2.15. The number of carbonyl (C=O) groups excluding carboxylic acids is 3. The van der Waals surface area contributed by atoms with Crippen LogP contribution in [0.3, 0.4) is 0 Å². The Morgan fingerprint density at radius 3 is 2.59 bits per heavy atom. The Hall–Kier alpha value is -4.78. The van der Waals surface area contributed by atoms with Gasteiger partial charge in [0.05, 0.1) is 18.7 Å². The Balaban J connectivity index is 1.35. The maximum Gasteiger partial charge on any atom is 0.311 e. The Labute approximate surface area is 239 Å². The number of benzene rings is 2. The van der Waals surface area contributed by atoms with Crippen molar-refractivity contribution >= 4 is 34.3 Å². The molecule has 2 aromatic heterocycles. The van der Waals surface area contributed by atoms with E-state index in [0.717, 1.165) is 5.56 Å². The Bertz CT molecular complexity index is 1570. The Morgan fingerprint density at radius 1 is 1.12 bits per heavy atom. The van der Waals surface area contributed by atoms with Crippen LogP contribution in [0.5, 0.6) is 17.2 Å². The summed E-state index contributed by atoms with van der Waals surface area (Å²) < 4.78 is 22.5. The van der Waals surface area contributed by atoms with Gasteiger partial charge in [-0.3, -0.25) is 19.7 Å². The van der Waals surface area contributed by atoms with E-state index in [4.69, 9.17) is 18.6 Å². The molecule has 2 amide bonds. The fraction of sp³-hybridized carbons (Fsp3) is 0.286. The first kappa shape index (κ1) is 27.8. The summed E-state index contributed by atoms with van der Waals surface area (Å²) in [5.41, 5.74) is 1.45. The number of carbonyl (C=O) groups is 3. The normalized spacial score (nSPS) is 14.7. The zero-order valence-corrected chi connectivity index (χ0v) is 23.4. The summed E-state index contributed by atoms with van der Waals surface area (Å²) in [7, 11) is 1.72. The lowest BCUT2D eigenvalue weighted by Crippen LogP contribution is -2.29. The largest absolute Gasteiger partial charge is 0.480 e. The van der Waals surface area contributed by atoms with Crippen molar-refractivity contribution in [2.45, 2.75) is 32.8 Å². The van der Waals surface area contributed by atoms with Crippen LogP contribution in [0, 0.1) is 6.92 Å². The molecule has 1 aliphatic heterocycles. The number of esters is 1. The number of likely N-dealkylation sites (N-methyl/N-ethyl adjacent to an activating group) is 1. The molecule has 0 aliphatic carbocycles. The molecule has 212 valence electrons. The summed E-state index contributed by atoms with van der Waals surface area (Å²) in [5, 5.41) is 12.6. The Morgan fingerprint density at radius 2 is 1.90 bits per heavy atom. The van der Waals surface area contributed by atoms with Gasteiger partial charge < -0.3 is 23.5 Å². The number of ether oxygens (including phenoxy) is 3. The van der Waals surface area contributed by atoms with E-state index in [9.17, 15) is 14.4 Å². The quantitative estimate of drug-likeness (QED) is 0.271. The van der Waals surface area contributed by atoms with Crippen molar-refractivity contribution in [1.82, 2.24) is 20.1 Å². The smallest absolute Gasteiger partial charge is 0.311 e. The molecule has 0 radical (unpaired) electrons. The lowest BCUT2D eigenvalue weighted by atomic mass is 10.1. The zero-order valence-electron chi connectivity index (χ0n) is 22.6. The highest BCUT2D eigenvalue weighted by Crippen LogP contribution is 2.31. The fourth-order valence-corrected chi connectivity index (χ4v) is 4.79. The number of hydrogen-bond acceptors (Lipinski definition) is 11. The first-order chi connectivity index (χ1) is 19.8. The van der Waals surface area contributed by atoms with Crippen molar-refractivity contribution in [1.29, 1.82) is 0 Å². The van der Waals surface area contributed by atoms with Gasteiger partial charge in [0, 0.05) is 49.5 Å². The lowest BCUT2D eigenvalue weighted by molar-refractivity contribution is -0.142. The first-order valence-electron chi connectivity index (χ1n) is 12.8. The average molecular weight is 578 g/mol. The van der Waals surface area contributed by atoms with Gasteiger partial charge in [-0.2, -0.15) is 0 Å². The van der Waals surface area contributed by atoms with Gasteiger partial charge in [-0.25, -0.2) is 4.98 Å². The van der Waals surface area contributed by atoms with Gasteiger partial charge >= 0.3 is 5.97 Å². The van der Waals surface area contributed by atoms with Gasteiger partial charge in [0.2, 0.25) is 11.8 Å². The predicted molar refractivity (Wildman–Crippen MR) is 148 cm³/mol. The number of nitrogens with zero attached hydrogens (tertiary/aromatic N) is 4.